The minimum atomic E-state index is -1.19. The van der Waals surface area contributed by atoms with Crippen LogP contribution in [-0.2, 0) is 0 Å². The van der Waals surface area contributed by atoms with Crippen LogP contribution in [0.5, 0.6) is 5.75 Å². The van der Waals surface area contributed by atoms with Crippen molar-refractivity contribution in [1.29, 1.82) is 0 Å². The molecule has 0 saturated heterocycles. The van der Waals surface area contributed by atoms with Crippen LogP contribution >= 0.6 is 0 Å². The molecule has 102 valence electrons. The van der Waals surface area contributed by atoms with Crippen LogP contribution in [0, 0.1) is 6.57 Å². The van der Waals surface area contributed by atoms with E-state index in [1.54, 1.807) is 24.3 Å². The van der Waals surface area contributed by atoms with Gasteiger partial charge in [0.1, 0.15) is 16.9 Å². The van der Waals surface area contributed by atoms with Gasteiger partial charge >= 0.3 is 5.97 Å². The van der Waals surface area contributed by atoms with Crippen molar-refractivity contribution < 1.29 is 19.4 Å². The van der Waals surface area contributed by atoms with E-state index in [1.807, 2.05) is 0 Å². The molecule has 0 aliphatic carbocycles. The van der Waals surface area contributed by atoms with Crippen molar-refractivity contribution >= 4 is 22.6 Å². The zero-order chi connectivity index (χ0) is 15.0. The maximum absolute atomic E-state index is 10.9. The number of carboxylic acid groups (broad SMARTS) is 1. The van der Waals surface area contributed by atoms with Crippen molar-refractivity contribution in [2.45, 2.75) is 0 Å². The average molecular weight is 279 g/mol. The minimum Gasteiger partial charge on any atom is -0.507 e. The number of carbonyl (C=O) groups is 1. The third-order valence-electron chi connectivity index (χ3n) is 3.22. The maximum atomic E-state index is 10.9. The summed E-state index contributed by atoms with van der Waals surface area (Å²) in [5.74, 6) is -1.51. The molecule has 2 N–H and O–H groups in total. The molecule has 0 fully saturated rings. The molecule has 0 saturated carbocycles. The van der Waals surface area contributed by atoms with Crippen LogP contribution in [0.1, 0.15) is 10.4 Å². The SMILES string of the molecule is [C-]#[N+]c1cc(-c2ccc(C(=O)O)c(O)c2)c2ccoc2c1. The Hall–Kier alpha value is -3.26. The molecule has 0 amide bonds. The van der Waals surface area contributed by atoms with E-state index in [4.69, 9.17) is 16.1 Å². The van der Waals surface area contributed by atoms with E-state index in [0.717, 1.165) is 5.39 Å². The van der Waals surface area contributed by atoms with Crippen LogP contribution in [0.15, 0.2) is 47.1 Å². The number of furan rings is 1. The summed E-state index contributed by atoms with van der Waals surface area (Å²) in [5, 5.41) is 19.5. The second-order valence-corrected chi connectivity index (χ2v) is 4.47. The summed E-state index contributed by atoms with van der Waals surface area (Å²) in [5.41, 5.74) is 2.15. The summed E-state index contributed by atoms with van der Waals surface area (Å²) in [6.45, 7) is 7.12. The number of phenols is 1. The number of hydrogen-bond donors (Lipinski definition) is 2. The van der Waals surface area contributed by atoms with E-state index in [-0.39, 0.29) is 11.3 Å². The summed E-state index contributed by atoms with van der Waals surface area (Å²) >= 11 is 0. The average Bonchev–Trinajstić information content (AvgIpc) is 2.93. The fraction of sp³-hybridized carbons (Fsp3) is 0. The number of aromatic carboxylic acids is 1. The highest BCUT2D eigenvalue weighted by Crippen LogP contribution is 2.35. The van der Waals surface area contributed by atoms with Crippen molar-refractivity contribution in [3.8, 4) is 16.9 Å². The van der Waals surface area contributed by atoms with Crippen molar-refractivity contribution in [1.82, 2.24) is 0 Å². The minimum absolute atomic E-state index is 0.163. The van der Waals surface area contributed by atoms with Gasteiger partial charge in [-0.25, -0.2) is 9.64 Å². The largest absolute Gasteiger partial charge is 0.507 e. The van der Waals surface area contributed by atoms with Gasteiger partial charge in [0.15, 0.2) is 5.69 Å². The van der Waals surface area contributed by atoms with Gasteiger partial charge < -0.3 is 14.6 Å². The molecule has 0 radical (unpaired) electrons. The van der Waals surface area contributed by atoms with Crippen molar-refractivity contribution in [3.05, 3.63) is 59.6 Å². The van der Waals surface area contributed by atoms with E-state index in [2.05, 4.69) is 4.85 Å². The maximum Gasteiger partial charge on any atom is 0.339 e. The molecule has 5 nitrogen and oxygen atoms in total. The van der Waals surface area contributed by atoms with Crippen LogP contribution in [0.2, 0.25) is 0 Å². The van der Waals surface area contributed by atoms with Gasteiger partial charge in [-0.2, -0.15) is 0 Å². The normalized spacial score (nSPS) is 10.4. The Morgan fingerprint density at radius 1 is 1.19 bits per heavy atom. The molecule has 1 heterocycles. The Kier molecular flexibility index (Phi) is 2.85. The molecular formula is C16H9NO4. The summed E-state index contributed by atoms with van der Waals surface area (Å²) in [4.78, 5) is 14.3. The number of fused-ring (bicyclic) bond motifs is 1. The van der Waals surface area contributed by atoms with Gasteiger partial charge in [0.2, 0.25) is 0 Å². The van der Waals surface area contributed by atoms with E-state index in [1.165, 1.54) is 18.4 Å². The molecule has 3 rings (SSSR count). The molecule has 0 bridgehead atoms. The quantitative estimate of drug-likeness (QED) is 0.694. The lowest BCUT2D eigenvalue weighted by atomic mass is 9.99. The third kappa shape index (κ3) is 2.09. The smallest absolute Gasteiger partial charge is 0.339 e. The number of hydrogen-bond acceptors (Lipinski definition) is 3. The fourth-order valence-corrected chi connectivity index (χ4v) is 2.24. The molecule has 0 aliphatic rings. The molecule has 0 spiro atoms. The summed E-state index contributed by atoms with van der Waals surface area (Å²) in [6.07, 6.45) is 1.52. The molecule has 0 aliphatic heterocycles. The van der Waals surface area contributed by atoms with E-state index >= 15 is 0 Å². The van der Waals surface area contributed by atoms with E-state index in [0.29, 0.717) is 22.4 Å². The Bertz CT molecular complexity index is 902. The zero-order valence-electron chi connectivity index (χ0n) is 10.7. The Labute approximate surface area is 119 Å². The predicted molar refractivity (Wildman–Crippen MR) is 76.5 cm³/mol. The Morgan fingerprint density at radius 2 is 2.00 bits per heavy atom. The van der Waals surface area contributed by atoms with Gasteiger partial charge in [-0.15, -0.1) is 0 Å². The van der Waals surface area contributed by atoms with Gasteiger partial charge in [0.05, 0.1) is 12.8 Å². The van der Waals surface area contributed by atoms with Crippen LogP contribution in [-0.4, -0.2) is 16.2 Å². The topological polar surface area (TPSA) is 75.0 Å². The highest BCUT2D eigenvalue weighted by atomic mass is 16.4. The molecular weight excluding hydrogens is 270 g/mol. The number of nitrogens with zero attached hydrogens (tertiary/aromatic N) is 1. The first-order chi connectivity index (χ1) is 10.1. The molecule has 0 atom stereocenters. The molecule has 2 aromatic carbocycles. The van der Waals surface area contributed by atoms with Gasteiger partial charge in [-0.05, 0) is 41.5 Å². The van der Waals surface area contributed by atoms with Gasteiger partial charge in [0.25, 0.3) is 0 Å². The van der Waals surface area contributed by atoms with E-state index < -0.39 is 5.97 Å². The van der Waals surface area contributed by atoms with Gasteiger partial charge in [-0.3, -0.25) is 0 Å². The summed E-state index contributed by atoms with van der Waals surface area (Å²) in [7, 11) is 0. The van der Waals surface area contributed by atoms with Crippen LogP contribution in [0.3, 0.4) is 0 Å². The third-order valence-corrected chi connectivity index (χ3v) is 3.22. The number of benzene rings is 2. The molecule has 0 unspecified atom stereocenters. The van der Waals surface area contributed by atoms with Crippen LogP contribution < -0.4 is 0 Å². The van der Waals surface area contributed by atoms with Crippen molar-refractivity contribution in [3.63, 3.8) is 0 Å². The highest BCUT2D eigenvalue weighted by Gasteiger charge is 2.13. The summed E-state index contributed by atoms with van der Waals surface area (Å²) in [6, 6.07) is 9.39. The lowest BCUT2D eigenvalue weighted by molar-refractivity contribution is 0.0694. The first-order valence-corrected chi connectivity index (χ1v) is 6.05. The first kappa shape index (κ1) is 12.8. The lowest BCUT2D eigenvalue weighted by Crippen LogP contribution is -1.96. The molecule has 21 heavy (non-hydrogen) atoms. The lowest BCUT2D eigenvalue weighted by Gasteiger charge is -2.07. The van der Waals surface area contributed by atoms with Crippen LogP contribution in [0.4, 0.5) is 5.69 Å². The summed E-state index contributed by atoms with van der Waals surface area (Å²) < 4.78 is 5.31. The highest BCUT2D eigenvalue weighted by molar-refractivity contribution is 5.98. The number of carboxylic acids is 1. The monoisotopic (exact) mass is 279 g/mol. The van der Waals surface area contributed by atoms with Gasteiger partial charge in [0, 0.05) is 5.39 Å². The molecule has 3 aromatic rings. The second-order valence-electron chi connectivity index (χ2n) is 4.47. The number of rotatable bonds is 2. The van der Waals surface area contributed by atoms with E-state index in [9.17, 15) is 9.90 Å². The van der Waals surface area contributed by atoms with Crippen molar-refractivity contribution in [2.75, 3.05) is 0 Å². The molecule has 1 aromatic heterocycles. The second kappa shape index (κ2) is 4.69. The number of aromatic hydroxyl groups is 1. The first-order valence-electron chi connectivity index (χ1n) is 6.05. The fourth-order valence-electron chi connectivity index (χ4n) is 2.24. The standard InChI is InChI=1S/C16H9NO4/c1-17-10-7-13(11-4-5-21-15(11)8-10)9-2-3-12(16(19)20)14(18)6-9/h2-8,18H,(H,19,20). The Balaban J connectivity index is 2.25. The van der Waals surface area contributed by atoms with Crippen LogP contribution in [0.25, 0.3) is 26.9 Å². The molecule has 5 heteroatoms. The predicted octanol–water partition coefficient (Wildman–Crippen LogP) is 4.05. The van der Waals surface area contributed by atoms with Gasteiger partial charge in [-0.1, -0.05) is 6.07 Å². The van der Waals surface area contributed by atoms with Crippen molar-refractivity contribution in [2.24, 2.45) is 0 Å². The Morgan fingerprint density at radius 3 is 2.67 bits per heavy atom. The zero-order valence-corrected chi connectivity index (χ0v) is 10.7.